The number of anilines is 6. The molecule has 3 nitrogen and oxygen atoms in total. The second-order valence-corrected chi connectivity index (χ2v) is 16.9. The normalized spacial score (nSPS) is 11.7. The van der Waals surface area contributed by atoms with Gasteiger partial charge in [-0.05, 0) is 118 Å². The molecule has 0 radical (unpaired) electrons. The van der Waals surface area contributed by atoms with E-state index in [1.165, 1.54) is 81.9 Å². The zero-order valence-electron chi connectivity index (χ0n) is 35.5. The fraction of sp³-hybridized carbons (Fsp3) is 0. The Balaban J connectivity index is 1.01. The van der Waals surface area contributed by atoms with Gasteiger partial charge in [-0.1, -0.05) is 164 Å². The van der Waals surface area contributed by atoms with E-state index in [1.54, 1.807) is 0 Å². The van der Waals surface area contributed by atoms with E-state index in [0.29, 0.717) is 0 Å². The minimum absolute atomic E-state index is 1.11. The third-order valence-electron chi connectivity index (χ3n) is 13.2. The number of para-hydroxylation sites is 5. The summed E-state index contributed by atoms with van der Waals surface area (Å²) in [4.78, 5) is 4.79. The van der Waals surface area contributed by atoms with Gasteiger partial charge in [0.25, 0.3) is 0 Å². The molecule has 65 heavy (non-hydrogen) atoms. The monoisotopic (exact) mass is 827 g/mol. The summed E-state index contributed by atoms with van der Waals surface area (Å²) < 4.78 is 2.52. The topological polar surface area (TPSA) is 10.9 Å². The van der Waals surface area contributed by atoms with Gasteiger partial charge in [0.2, 0.25) is 0 Å². The van der Waals surface area contributed by atoms with E-state index in [4.69, 9.17) is 0 Å². The third-order valence-corrected chi connectivity index (χ3v) is 13.2. The highest BCUT2D eigenvalue weighted by Crippen LogP contribution is 2.46. The van der Waals surface area contributed by atoms with E-state index in [1.807, 2.05) is 0 Å². The van der Waals surface area contributed by atoms with Crippen molar-refractivity contribution in [3.05, 3.63) is 249 Å². The molecular weight excluding hydrogens is 787 g/mol. The molecule has 2 aromatic heterocycles. The fourth-order valence-electron chi connectivity index (χ4n) is 10.3. The molecule has 3 heteroatoms. The Bertz CT molecular complexity index is 3630. The zero-order valence-corrected chi connectivity index (χ0v) is 35.5. The number of rotatable bonds is 8. The van der Waals surface area contributed by atoms with E-state index in [2.05, 4.69) is 263 Å². The van der Waals surface area contributed by atoms with Crippen LogP contribution >= 0.6 is 0 Å². The molecule has 0 spiro atoms. The summed E-state index contributed by atoms with van der Waals surface area (Å²) in [5.41, 5.74) is 15.2. The van der Waals surface area contributed by atoms with Crippen LogP contribution in [0.5, 0.6) is 0 Å². The van der Waals surface area contributed by atoms with Crippen LogP contribution in [0.25, 0.3) is 81.9 Å². The van der Waals surface area contributed by atoms with Crippen LogP contribution in [0.1, 0.15) is 0 Å². The maximum absolute atomic E-state index is 2.52. The molecule has 11 aromatic carbocycles. The van der Waals surface area contributed by atoms with Gasteiger partial charge in [0.1, 0.15) is 0 Å². The lowest BCUT2D eigenvalue weighted by Crippen LogP contribution is -2.11. The Morgan fingerprint density at radius 3 is 1.11 bits per heavy atom. The molecule has 0 bridgehead atoms. The molecule has 13 aromatic rings. The highest BCUT2D eigenvalue weighted by Gasteiger charge is 2.22. The molecule has 0 N–H and O–H groups in total. The maximum Gasteiger partial charge on any atom is 0.0620 e. The molecule has 0 saturated heterocycles. The minimum Gasteiger partial charge on any atom is -0.310 e. The first-order chi connectivity index (χ1) is 32.2. The summed E-state index contributed by atoms with van der Waals surface area (Å²) >= 11 is 0. The van der Waals surface area contributed by atoms with Gasteiger partial charge in [0.15, 0.2) is 0 Å². The van der Waals surface area contributed by atoms with Gasteiger partial charge in [-0.15, -0.1) is 0 Å². The molecular formula is C62H41N3. The SMILES string of the molecule is c1ccc(-c2ccccc2N(c2ccccc2)c2ccc3cc4c5cccc6c7cc8ccc(N(c9ccccc9)c9ccccc9-c9ccccc9)cc8cc7n(c4cc3c2)c56)cc1. The minimum atomic E-state index is 1.11. The Hall–Kier alpha value is -8.66. The number of nitrogens with zero attached hydrogens (tertiary/aromatic N) is 3. The number of aromatic nitrogens is 1. The van der Waals surface area contributed by atoms with E-state index in [9.17, 15) is 0 Å². The van der Waals surface area contributed by atoms with Gasteiger partial charge >= 0.3 is 0 Å². The van der Waals surface area contributed by atoms with Crippen LogP contribution in [0, 0.1) is 0 Å². The summed E-state index contributed by atoms with van der Waals surface area (Å²) in [7, 11) is 0. The van der Waals surface area contributed by atoms with Crippen LogP contribution < -0.4 is 9.80 Å². The predicted molar refractivity (Wildman–Crippen MR) is 276 cm³/mol. The first-order valence-electron chi connectivity index (χ1n) is 22.3. The van der Waals surface area contributed by atoms with Gasteiger partial charge in [-0.25, -0.2) is 0 Å². The van der Waals surface area contributed by atoms with Crippen LogP contribution in [0.3, 0.4) is 0 Å². The summed E-state index contributed by atoms with van der Waals surface area (Å²) in [5, 5.41) is 9.92. The highest BCUT2D eigenvalue weighted by atomic mass is 15.1. The second-order valence-electron chi connectivity index (χ2n) is 16.9. The summed E-state index contributed by atoms with van der Waals surface area (Å²) in [6.07, 6.45) is 0. The van der Waals surface area contributed by atoms with E-state index < -0.39 is 0 Å². The van der Waals surface area contributed by atoms with Crippen molar-refractivity contribution in [3.63, 3.8) is 0 Å². The number of benzene rings is 11. The lowest BCUT2D eigenvalue weighted by molar-refractivity contribution is 1.29. The zero-order chi connectivity index (χ0) is 42.8. The summed E-state index contributed by atoms with van der Waals surface area (Å²) in [5.74, 6) is 0. The van der Waals surface area contributed by atoms with Gasteiger partial charge in [0.05, 0.1) is 27.9 Å². The molecule has 0 aliphatic heterocycles. The van der Waals surface area contributed by atoms with Crippen molar-refractivity contribution in [2.75, 3.05) is 9.80 Å². The van der Waals surface area contributed by atoms with E-state index >= 15 is 0 Å². The van der Waals surface area contributed by atoms with Crippen molar-refractivity contribution < 1.29 is 0 Å². The van der Waals surface area contributed by atoms with Crippen molar-refractivity contribution in [2.24, 2.45) is 0 Å². The van der Waals surface area contributed by atoms with Crippen LogP contribution in [-0.4, -0.2) is 4.40 Å². The lowest BCUT2D eigenvalue weighted by Gasteiger charge is -2.28. The average molecular weight is 828 g/mol. The largest absolute Gasteiger partial charge is 0.310 e. The predicted octanol–water partition coefficient (Wildman–Crippen LogP) is 17.4. The quantitative estimate of drug-likeness (QED) is 0.151. The molecule has 0 aliphatic rings. The Kier molecular flexibility index (Phi) is 8.53. The van der Waals surface area contributed by atoms with Gasteiger partial charge < -0.3 is 14.2 Å². The Morgan fingerprint density at radius 1 is 0.262 bits per heavy atom. The van der Waals surface area contributed by atoms with Crippen LogP contribution in [0.4, 0.5) is 34.1 Å². The van der Waals surface area contributed by atoms with Crippen LogP contribution in [0.2, 0.25) is 0 Å². The Labute approximate surface area is 377 Å². The van der Waals surface area contributed by atoms with Gasteiger partial charge in [0, 0.05) is 55.4 Å². The second kappa shape index (κ2) is 15.0. The van der Waals surface area contributed by atoms with Crippen molar-refractivity contribution in [1.82, 2.24) is 4.40 Å². The Morgan fingerprint density at radius 2 is 0.662 bits per heavy atom. The summed E-state index contributed by atoms with van der Waals surface area (Å²) in [6.45, 7) is 0. The molecule has 0 saturated carbocycles. The molecule has 0 amide bonds. The fourth-order valence-corrected chi connectivity index (χ4v) is 10.3. The molecule has 304 valence electrons. The first-order valence-corrected chi connectivity index (χ1v) is 22.3. The highest BCUT2D eigenvalue weighted by molar-refractivity contribution is 6.26. The lowest BCUT2D eigenvalue weighted by atomic mass is 10.00. The average Bonchev–Trinajstić information content (AvgIpc) is 3.87. The van der Waals surface area contributed by atoms with Gasteiger partial charge in [-0.2, -0.15) is 0 Å². The number of fused-ring (bicyclic) bond motifs is 8. The molecule has 2 heterocycles. The van der Waals surface area contributed by atoms with Crippen molar-refractivity contribution in [2.45, 2.75) is 0 Å². The standard InChI is InChI=1S/C62H41N3/c1-5-18-42(19-6-1)52-26-13-15-30-58(52)63(48-22-9-3-10-23-48)50-34-32-44-38-56-54-28-17-29-55-57-39-45-33-35-51(37-47(45)41-61(57)65(62(54)55)60(56)40-46(44)36-50)64(49-24-11-4-12-25-49)59-31-16-14-27-53(59)43-20-7-2-8-21-43/h1-41H. The van der Waals surface area contributed by atoms with Crippen LogP contribution in [-0.2, 0) is 0 Å². The van der Waals surface area contributed by atoms with E-state index in [-0.39, 0.29) is 0 Å². The third kappa shape index (κ3) is 6.05. The van der Waals surface area contributed by atoms with Crippen molar-refractivity contribution in [3.8, 4) is 22.3 Å². The first kappa shape index (κ1) is 36.9. The van der Waals surface area contributed by atoms with Crippen molar-refractivity contribution >= 4 is 93.8 Å². The van der Waals surface area contributed by atoms with E-state index in [0.717, 1.165) is 34.1 Å². The van der Waals surface area contributed by atoms with Crippen LogP contribution in [0.15, 0.2) is 249 Å². The smallest absolute Gasteiger partial charge is 0.0620 e. The van der Waals surface area contributed by atoms with Gasteiger partial charge in [-0.3, -0.25) is 0 Å². The maximum atomic E-state index is 2.52. The number of hydrogen-bond acceptors (Lipinski definition) is 2. The summed E-state index contributed by atoms with van der Waals surface area (Å²) in [6, 6.07) is 90.6. The molecule has 0 aliphatic carbocycles. The molecule has 0 unspecified atom stereocenters. The molecule has 0 atom stereocenters. The van der Waals surface area contributed by atoms with Crippen molar-refractivity contribution in [1.29, 1.82) is 0 Å². The molecule has 13 rings (SSSR count). The molecule has 0 fully saturated rings. The number of hydrogen-bond donors (Lipinski definition) is 0.